The Morgan fingerprint density at radius 3 is 3.25 bits per heavy atom. The standard InChI is InChI=1S/C8H10N2OS/c9-4-7-3-8(10-11-7)6-1-2-12-5-6/h1-2,5,7H,3-4,9H2. The minimum Gasteiger partial charge on any atom is -0.390 e. The van der Waals surface area contributed by atoms with E-state index in [1.54, 1.807) is 11.3 Å². The molecule has 64 valence electrons. The summed E-state index contributed by atoms with van der Waals surface area (Å²) < 4.78 is 0. The van der Waals surface area contributed by atoms with E-state index in [-0.39, 0.29) is 6.10 Å². The number of hydrogen-bond acceptors (Lipinski definition) is 4. The van der Waals surface area contributed by atoms with Crippen LogP contribution in [0.15, 0.2) is 22.0 Å². The molecule has 12 heavy (non-hydrogen) atoms. The minimum absolute atomic E-state index is 0.0832. The van der Waals surface area contributed by atoms with Crippen molar-refractivity contribution in [1.82, 2.24) is 0 Å². The highest BCUT2D eigenvalue weighted by Gasteiger charge is 2.20. The van der Waals surface area contributed by atoms with Gasteiger partial charge in [0.25, 0.3) is 0 Å². The van der Waals surface area contributed by atoms with Crippen LogP contribution in [0.25, 0.3) is 0 Å². The summed E-state index contributed by atoms with van der Waals surface area (Å²) in [5, 5.41) is 8.08. The van der Waals surface area contributed by atoms with E-state index < -0.39 is 0 Å². The maximum Gasteiger partial charge on any atom is 0.145 e. The third-order valence-electron chi connectivity index (χ3n) is 1.85. The van der Waals surface area contributed by atoms with Gasteiger partial charge in [-0.1, -0.05) is 5.16 Å². The highest BCUT2D eigenvalue weighted by atomic mass is 32.1. The van der Waals surface area contributed by atoms with Crippen molar-refractivity contribution in [3.8, 4) is 0 Å². The number of thiophene rings is 1. The van der Waals surface area contributed by atoms with Crippen LogP contribution in [0.5, 0.6) is 0 Å². The van der Waals surface area contributed by atoms with Crippen LogP contribution in [0.3, 0.4) is 0 Å². The summed E-state index contributed by atoms with van der Waals surface area (Å²) in [6, 6.07) is 2.05. The van der Waals surface area contributed by atoms with E-state index in [4.69, 9.17) is 10.6 Å². The topological polar surface area (TPSA) is 47.6 Å². The van der Waals surface area contributed by atoms with Crippen LogP contribution < -0.4 is 5.73 Å². The van der Waals surface area contributed by atoms with Gasteiger partial charge in [-0.3, -0.25) is 0 Å². The lowest BCUT2D eigenvalue weighted by atomic mass is 10.1. The van der Waals surface area contributed by atoms with Gasteiger partial charge in [0.05, 0.1) is 5.71 Å². The van der Waals surface area contributed by atoms with E-state index in [0.29, 0.717) is 6.54 Å². The van der Waals surface area contributed by atoms with E-state index in [2.05, 4.69) is 10.5 Å². The normalized spacial score (nSPS) is 22.1. The highest BCUT2D eigenvalue weighted by Crippen LogP contribution is 2.17. The number of nitrogens with zero attached hydrogens (tertiary/aromatic N) is 1. The van der Waals surface area contributed by atoms with Gasteiger partial charge in [0.2, 0.25) is 0 Å². The van der Waals surface area contributed by atoms with Crippen molar-refractivity contribution in [2.45, 2.75) is 12.5 Å². The molecule has 0 saturated heterocycles. The first kappa shape index (κ1) is 7.76. The summed E-state index contributed by atoms with van der Waals surface area (Å²) in [7, 11) is 0. The monoisotopic (exact) mass is 182 g/mol. The number of hydrogen-bond donors (Lipinski definition) is 1. The molecular formula is C8H10N2OS. The van der Waals surface area contributed by atoms with Crippen molar-refractivity contribution >= 4 is 17.0 Å². The molecule has 1 unspecified atom stereocenters. The van der Waals surface area contributed by atoms with Crippen LogP contribution in [-0.4, -0.2) is 18.4 Å². The van der Waals surface area contributed by atoms with Crippen molar-refractivity contribution in [3.63, 3.8) is 0 Å². The lowest BCUT2D eigenvalue weighted by molar-refractivity contribution is 0.0918. The molecule has 3 nitrogen and oxygen atoms in total. The molecule has 1 aliphatic rings. The molecule has 1 aromatic heterocycles. The van der Waals surface area contributed by atoms with Gasteiger partial charge >= 0.3 is 0 Å². The molecule has 0 saturated carbocycles. The summed E-state index contributed by atoms with van der Waals surface area (Å²) in [6.45, 7) is 0.539. The second-order valence-electron chi connectivity index (χ2n) is 2.72. The SMILES string of the molecule is NCC1CC(c2ccsc2)=NO1. The molecule has 2 heterocycles. The molecule has 0 radical (unpaired) electrons. The van der Waals surface area contributed by atoms with Crippen LogP contribution in [0.1, 0.15) is 12.0 Å². The quantitative estimate of drug-likeness (QED) is 0.747. The van der Waals surface area contributed by atoms with Gasteiger partial charge in [0.1, 0.15) is 6.10 Å². The van der Waals surface area contributed by atoms with Crippen molar-refractivity contribution in [2.75, 3.05) is 6.54 Å². The number of oxime groups is 1. The van der Waals surface area contributed by atoms with E-state index >= 15 is 0 Å². The molecule has 1 atom stereocenters. The molecular weight excluding hydrogens is 172 g/mol. The second-order valence-corrected chi connectivity index (χ2v) is 3.50. The van der Waals surface area contributed by atoms with Crippen LogP contribution in [0.2, 0.25) is 0 Å². The summed E-state index contributed by atoms with van der Waals surface area (Å²) in [6.07, 6.45) is 0.924. The molecule has 0 spiro atoms. The molecule has 4 heteroatoms. The lowest BCUT2D eigenvalue weighted by Gasteiger charge is -2.01. The highest BCUT2D eigenvalue weighted by molar-refractivity contribution is 7.08. The average Bonchev–Trinajstić information content (AvgIpc) is 2.75. The average molecular weight is 182 g/mol. The molecule has 0 amide bonds. The maximum absolute atomic E-state index is 5.45. The Bertz CT molecular complexity index is 281. The van der Waals surface area contributed by atoms with Gasteiger partial charge in [-0.25, -0.2) is 0 Å². The molecule has 0 bridgehead atoms. The van der Waals surface area contributed by atoms with E-state index in [0.717, 1.165) is 17.7 Å². The number of rotatable bonds is 2. The summed E-state index contributed by atoms with van der Waals surface area (Å²) in [5.41, 5.74) is 7.64. The Kier molecular flexibility index (Phi) is 2.10. The first-order chi connectivity index (χ1) is 5.90. The van der Waals surface area contributed by atoms with Crippen molar-refractivity contribution in [3.05, 3.63) is 22.4 Å². The van der Waals surface area contributed by atoms with Crippen LogP contribution in [0.4, 0.5) is 0 Å². The summed E-state index contributed by atoms with van der Waals surface area (Å²) in [4.78, 5) is 5.11. The van der Waals surface area contributed by atoms with E-state index in [1.165, 1.54) is 0 Å². The van der Waals surface area contributed by atoms with Gasteiger partial charge in [0.15, 0.2) is 0 Å². The van der Waals surface area contributed by atoms with Gasteiger partial charge in [-0.2, -0.15) is 11.3 Å². The summed E-state index contributed by atoms with van der Waals surface area (Å²) >= 11 is 1.67. The maximum atomic E-state index is 5.45. The third-order valence-corrected chi connectivity index (χ3v) is 2.53. The summed E-state index contributed by atoms with van der Waals surface area (Å²) in [5.74, 6) is 0. The Morgan fingerprint density at radius 2 is 2.67 bits per heavy atom. The van der Waals surface area contributed by atoms with Gasteiger partial charge in [-0.15, -0.1) is 0 Å². The Labute approximate surface area is 74.8 Å². The molecule has 2 N–H and O–H groups in total. The largest absolute Gasteiger partial charge is 0.390 e. The smallest absolute Gasteiger partial charge is 0.145 e. The van der Waals surface area contributed by atoms with E-state index in [1.807, 2.05) is 11.4 Å². The second kappa shape index (κ2) is 3.25. The van der Waals surface area contributed by atoms with Gasteiger partial charge in [-0.05, 0) is 16.8 Å². The zero-order valence-corrected chi connectivity index (χ0v) is 7.38. The van der Waals surface area contributed by atoms with Crippen LogP contribution in [0, 0.1) is 0 Å². The zero-order chi connectivity index (χ0) is 8.39. The fourth-order valence-corrected chi connectivity index (χ4v) is 1.82. The van der Waals surface area contributed by atoms with Crippen molar-refractivity contribution < 1.29 is 4.84 Å². The Hall–Kier alpha value is -0.870. The molecule has 0 aromatic carbocycles. The first-order valence-corrected chi connectivity index (χ1v) is 4.80. The van der Waals surface area contributed by atoms with Crippen molar-refractivity contribution in [1.29, 1.82) is 0 Å². The zero-order valence-electron chi connectivity index (χ0n) is 6.56. The van der Waals surface area contributed by atoms with Crippen LogP contribution in [-0.2, 0) is 4.84 Å². The lowest BCUT2D eigenvalue weighted by Crippen LogP contribution is -2.19. The molecule has 1 aliphatic heterocycles. The van der Waals surface area contributed by atoms with Gasteiger partial charge in [0, 0.05) is 18.5 Å². The fraction of sp³-hybridized carbons (Fsp3) is 0.375. The predicted octanol–water partition coefficient (Wildman–Crippen LogP) is 1.20. The fourth-order valence-electron chi connectivity index (χ4n) is 1.15. The molecule has 1 aromatic rings. The predicted molar refractivity (Wildman–Crippen MR) is 49.4 cm³/mol. The third kappa shape index (κ3) is 1.35. The Morgan fingerprint density at radius 1 is 1.75 bits per heavy atom. The minimum atomic E-state index is 0.0832. The molecule has 0 aliphatic carbocycles. The Balaban J connectivity index is 2.09. The van der Waals surface area contributed by atoms with E-state index in [9.17, 15) is 0 Å². The first-order valence-electron chi connectivity index (χ1n) is 3.85. The molecule has 0 fully saturated rings. The van der Waals surface area contributed by atoms with Crippen molar-refractivity contribution in [2.24, 2.45) is 10.9 Å². The number of nitrogens with two attached hydrogens (primary N) is 1. The van der Waals surface area contributed by atoms with Crippen LogP contribution >= 0.6 is 11.3 Å². The molecule has 2 rings (SSSR count). The van der Waals surface area contributed by atoms with Gasteiger partial charge < -0.3 is 10.6 Å².